The first-order chi connectivity index (χ1) is 7.82. The number of carbonyl (C=O) groups is 2. The van der Waals surface area contributed by atoms with E-state index < -0.39 is 17.9 Å². The summed E-state index contributed by atoms with van der Waals surface area (Å²) in [6, 6.07) is 0. The predicted molar refractivity (Wildman–Crippen MR) is 64.9 cm³/mol. The van der Waals surface area contributed by atoms with Gasteiger partial charge >= 0.3 is 11.9 Å². The Bertz CT molecular complexity index is 288. The van der Waals surface area contributed by atoms with Crippen molar-refractivity contribution in [3.63, 3.8) is 0 Å². The van der Waals surface area contributed by atoms with Crippen LogP contribution in [-0.2, 0) is 9.59 Å². The number of hydrogen-bond acceptors (Lipinski definition) is 3. The third-order valence-electron chi connectivity index (χ3n) is 2.31. The molecule has 98 valence electrons. The molecule has 0 aliphatic carbocycles. The van der Waals surface area contributed by atoms with Crippen LogP contribution < -0.4 is 0 Å². The Morgan fingerprint density at radius 1 is 1.35 bits per heavy atom. The molecular weight excluding hydrogens is 222 g/mol. The van der Waals surface area contributed by atoms with Gasteiger partial charge in [0, 0.05) is 19.5 Å². The first-order valence-electron chi connectivity index (χ1n) is 5.64. The van der Waals surface area contributed by atoms with Crippen molar-refractivity contribution in [3.05, 3.63) is 12.2 Å². The lowest BCUT2D eigenvalue weighted by atomic mass is 10.1. The summed E-state index contributed by atoms with van der Waals surface area (Å²) in [5, 5.41) is 17.4. The van der Waals surface area contributed by atoms with Crippen molar-refractivity contribution >= 4 is 11.9 Å². The second-order valence-electron chi connectivity index (χ2n) is 4.43. The standard InChI is InChI=1S/C12H21NO4/c1-9(2)7-13(6-4-5-11(14)15)8-10(3)12(16)17/h10H,1,4-8H2,2-3H3,(H,14,15)(H,16,17). The maximum Gasteiger partial charge on any atom is 0.307 e. The van der Waals surface area contributed by atoms with Crippen LogP contribution in [-0.4, -0.2) is 46.7 Å². The second-order valence-corrected chi connectivity index (χ2v) is 4.43. The summed E-state index contributed by atoms with van der Waals surface area (Å²) in [6.45, 7) is 8.91. The molecule has 0 heterocycles. The molecule has 17 heavy (non-hydrogen) atoms. The van der Waals surface area contributed by atoms with Crippen molar-refractivity contribution in [1.82, 2.24) is 4.90 Å². The molecule has 0 fully saturated rings. The summed E-state index contributed by atoms with van der Waals surface area (Å²) in [5.74, 6) is -2.12. The quantitative estimate of drug-likeness (QED) is 0.599. The van der Waals surface area contributed by atoms with Gasteiger partial charge in [0.2, 0.25) is 0 Å². The molecule has 1 atom stereocenters. The molecule has 0 aliphatic heterocycles. The third kappa shape index (κ3) is 8.45. The van der Waals surface area contributed by atoms with E-state index in [0.717, 1.165) is 5.57 Å². The van der Waals surface area contributed by atoms with Crippen LogP contribution in [0.25, 0.3) is 0 Å². The fraction of sp³-hybridized carbons (Fsp3) is 0.667. The molecule has 0 aromatic carbocycles. The van der Waals surface area contributed by atoms with E-state index in [1.165, 1.54) is 0 Å². The van der Waals surface area contributed by atoms with E-state index in [1.807, 2.05) is 11.8 Å². The van der Waals surface area contributed by atoms with E-state index in [0.29, 0.717) is 26.1 Å². The van der Waals surface area contributed by atoms with E-state index in [9.17, 15) is 9.59 Å². The smallest absolute Gasteiger partial charge is 0.307 e. The van der Waals surface area contributed by atoms with Gasteiger partial charge in [0.25, 0.3) is 0 Å². The predicted octanol–water partition coefficient (Wildman–Crippen LogP) is 1.45. The average molecular weight is 243 g/mol. The van der Waals surface area contributed by atoms with Crippen molar-refractivity contribution in [1.29, 1.82) is 0 Å². The van der Waals surface area contributed by atoms with Crippen molar-refractivity contribution in [2.45, 2.75) is 26.7 Å². The monoisotopic (exact) mass is 243 g/mol. The van der Waals surface area contributed by atoms with Gasteiger partial charge in [0.15, 0.2) is 0 Å². The van der Waals surface area contributed by atoms with E-state index in [-0.39, 0.29) is 6.42 Å². The van der Waals surface area contributed by atoms with Crippen LogP contribution in [0.3, 0.4) is 0 Å². The van der Waals surface area contributed by atoms with Gasteiger partial charge in [-0.05, 0) is 19.9 Å². The Morgan fingerprint density at radius 2 is 1.94 bits per heavy atom. The van der Waals surface area contributed by atoms with Gasteiger partial charge in [-0.1, -0.05) is 19.1 Å². The molecule has 1 unspecified atom stereocenters. The van der Waals surface area contributed by atoms with Gasteiger partial charge in [0.05, 0.1) is 5.92 Å². The van der Waals surface area contributed by atoms with Crippen LogP contribution >= 0.6 is 0 Å². The molecule has 0 aromatic rings. The van der Waals surface area contributed by atoms with Gasteiger partial charge in [-0.15, -0.1) is 0 Å². The number of rotatable bonds is 9. The largest absolute Gasteiger partial charge is 0.481 e. The summed E-state index contributed by atoms with van der Waals surface area (Å²) in [6.07, 6.45) is 0.628. The average Bonchev–Trinajstić information content (AvgIpc) is 2.15. The summed E-state index contributed by atoms with van der Waals surface area (Å²) in [4.78, 5) is 23.1. The normalized spacial score (nSPS) is 12.4. The highest BCUT2D eigenvalue weighted by Crippen LogP contribution is 2.05. The van der Waals surface area contributed by atoms with Crippen LogP contribution in [0.1, 0.15) is 26.7 Å². The van der Waals surface area contributed by atoms with Crippen LogP contribution in [0, 0.1) is 5.92 Å². The number of carboxylic acid groups (broad SMARTS) is 2. The molecule has 5 nitrogen and oxygen atoms in total. The van der Waals surface area contributed by atoms with E-state index in [2.05, 4.69) is 6.58 Å². The lowest BCUT2D eigenvalue weighted by molar-refractivity contribution is -0.142. The van der Waals surface area contributed by atoms with Crippen LogP contribution in [0.4, 0.5) is 0 Å². The molecule has 2 N–H and O–H groups in total. The van der Waals surface area contributed by atoms with Crippen molar-refractivity contribution in [2.75, 3.05) is 19.6 Å². The van der Waals surface area contributed by atoms with Gasteiger partial charge in [-0.2, -0.15) is 0 Å². The lowest BCUT2D eigenvalue weighted by Gasteiger charge is -2.24. The molecule has 0 saturated carbocycles. The molecular formula is C12H21NO4. The first-order valence-corrected chi connectivity index (χ1v) is 5.64. The number of aliphatic carboxylic acids is 2. The Morgan fingerprint density at radius 3 is 2.35 bits per heavy atom. The summed E-state index contributed by atoms with van der Waals surface area (Å²) < 4.78 is 0. The topological polar surface area (TPSA) is 77.8 Å². The minimum Gasteiger partial charge on any atom is -0.481 e. The zero-order chi connectivity index (χ0) is 13.4. The van der Waals surface area contributed by atoms with Gasteiger partial charge in [-0.3, -0.25) is 14.5 Å². The van der Waals surface area contributed by atoms with Crippen molar-refractivity contribution in [3.8, 4) is 0 Å². The Kier molecular flexibility index (Phi) is 7.21. The zero-order valence-electron chi connectivity index (χ0n) is 10.5. The molecule has 0 bridgehead atoms. The Labute approximate surface area is 102 Å². The highest BCUT2D eigenvalue weighted by Gasteiger charge is 2.16. The maximum atomic E-state index is 10.8. The highest BCUT2D eigenvalue weighted by atomic mass is 16.4. The van der Waals surface area contributed by atoms with Gasteiger partial charge < -0.3 is 10.2 Å². The molecule has 0 radical (unpaired) electrons. The minimum absolute atomic E-state index is 0.105. The Balaban J connectivity index is 4.18. The summed E-state index contributed by atoms with van der Waals surface area (Å²) >= 11 is 0. The molecule has 0 aromatic heterocycles. The molecule has 0 amide bonds. The zero-order valence-corrected chi connectivity index (χ0v) is 10.5. The first kappa shape index (κ1) is 15.6. The number of nitrogens with zero attached hydrogens (tertiary/aromatic N) is 1. The fourth-order valence-corrected chi connectivity index (χ4v) is 1.54. The molecule has 0 spiro atoms. The van der Waals surface area contributed by atoms with Crippen LogP contribution in [0.15, 0.2) is 12.2 Å². The van der Waals surface area contributed by atoms with Crippen molar-refractivity contribution in [2.24, 2.45) is 5.92 Å². The van der Waals surface area contributed by atoms with Crippen molar-refractivity contribution < 1.29 is 19.8 Å². The van der Waals surface area contributed by atoms with E-state index >= 15 is 0 Å². The Hall–Kier alpha value is -1.36. The second kappa shape index (κ2) is 7.84. The van der Waals surface area contributed by atoms with E-state index in [4.69, 9.17) is 10.2 Å². The third-order valence-corrected chi connectivity index (χ3v) is 2.31. The number of carboxylic acids is 2. The molecule has 0 rings (SSSR count). The summed E-state index contributed by atoms with van der Waals surface area (Å²) in [5.41, 5.74) is 0.943. The molecule has 0 aliphatic rings. The van der Waals surface area contributed by atoms with Crippen LogP contribution in [0.2, 0.25) is 0 Å². The van der Waals surface area contributed by atoms with Gasteiger partial charge in [-0.25, -0.2) is 0 Å². The van der Waals surface area contributed by atoms with E-state index in [1.54, 1.807) is 6.92 Å². The fourth-order valence-electron chi connectivity index (χ4n) is 1.54. The molecule has 5 heteroatoms. The number of hydrogen-bond donors (Lipinski definition) is 2. The van der Waals surface area contributed by atoms with Crippen LogP contribution in [0.5, 0.6) is 0 Å². The minimum atomic E-state index is -0.838. The maximum absolute atomic E-state index is 10.8. The lowest BCUT2D eigenvalue weighted by Crippen LogP contribution is -2.34. The highest BCUT2D eigenvalue weighted by molar-refractivity contribution is 5.69. The van der Waals surface area contributed by atoms with Gasteiger partial charge in [0.1, 0.15) is 0 Å². The summed E-state index contributed by atoms with van der Waals surface area (Å²) in [7, 11) is 0. The molecule has 0 saturated heterocycles. The SMILES string of the molecule is C=C(C)CN(CCCC(=O)O)CC(C)C(=O)O.